The molecule has 0 bridgehead atoms. The van der Waals surface area contributed by atoms with E-state index in [4.69, 9.17) is 19.3 Å². The third-order valence-corrected chi connectivity index (χ3v) is 3.09. The largest absolute Gasteiger partial charge is 0.493 e. The second-order valence-corrected chi connectivity index (χ2v) is 4.39. The van der Waals surface area contributed by atoms with Gasteiger partial charge in [0, 0.05) is 19.4 Å². The summed E-state index contributed by atoms with van der Waals surface area (Å²) in [6.45, 7) is 1.65. The SMILES string of the molecule is COc1ccc(CCO)cc1OC1CCOCC1. The standard InChI is InChI=1S/C14H20O4/c1-16-13-3-2-11(4-7-15)10-14(13)18-12-5-8-17-9-6-12/h2-3,10,12,15H,4-9H2,1H3. The second kappa shape index (κ2) is 6.61. The van der Waals surface area contributed by atoms with E-state index in [0.29, 0.717) is 6.42 Å². The zero-order valence-corrected chi connectivity index (χ0v) is 10.7. The number of benzene rings is 1. The van der Waals surface area contributed by atoms with Gasteiger partial charge in [0.1, 0.15) is 6.10 Å². The number of methoxy groups -OCH3 is 1. The monoisotopic (exact) mass is 252 g/mol. The Hall–Kier alpha value is -1.26. The summed E-state index contributed by atoms with van der Waals surface area (Å²) in [5.41, 5.74) is 1.06. The third-order valence-electron chi connectivity index (χ3n) is 3.09. The molecule has 1 aliphatic heterocycles. The Balaban J connectivity index is 2.09. The highest BCUT2D eigenvalue weighted by Gasteiger charge is 2.17. The van der Waals surface area contributed by atoms with Gasteiger partial charge in [-0.05, 0) is 24.1 Å². The molecule has 1 aromatic carbocycles. The zero-order valence-electron chi connectivity index (χ0n) is 10.7. The van der Waals surface area contributed by atoms with E-state index in [0.717, 1.165) is 43.1 Å². The van der Waals surface area contributed by atoms with E-state index in [1.807, 2.05) is 18.2 Å². The van der Waals surface area contributed by atoms with Crippen LogP contribution in [0.1, 0.15) is 18.4 Å². The quantitative estimate of drug-likeness (QED) is 0.868. The number of aliphatic hydroxyl groups excluding tert-OH is 1. The van der Waals surface area contributed by atoms with E-state index in [1.54, 1.807) is 7.11 Å². The lowest BCUT2D eigenvalue weighted by Gasteiger charge is -2.24. The highest BCUT2D eigenvalue weighted by Crippen LogP contribution is 2.30. The first-order chi connectivity index (χ1) is 8.83. The second-order valence-electron chi connectivity index (χ2n) is 4.39. The Kier molecular flexibility index (Phi) is 4.84. The van der Waals surface area contributed by atoms with Gasteiger partial charge in [-0.25, -0.2) is 0 Å². The highest BCUT2D eigenvalue weighted by molar-refractivity contribution is 5.43. The van der Waals surface area contributed by atoms with Crippen LogP contribution in [0.25, 0.3) is 0 Å². The summed E-state index contributed by atoms with van der Waals surface area (Å²) >= 11 is 0. The van der Waals surface area contributed by atoms with Crippen LogP contribution in [0.5, 0.6) is 11.5 Å². The zero-order chi connectivity index (χ0) is 12.8. The minimum absolute atomic E-state index is 0.142. The normalized spacial score (nSPS) is 16.6. The molecule has 1 saturated heterocycles. The fourth-order valence-electron chi connectivity index (χ4n) is 2.07. The molecular formula is C14H20O4. The van der Waals surface area contributed by atoms with Crippen molar-refractivity contribution in [2.75, 3.05) is 26.9 Å². The molecule has 2 rings (SSSR count). The van der Waals surface area contributed by atoms with Crippen LogP contribution in [0.2, 0.25) is 0 Å². The van der Waals surface area contributed by atoms with Crippen LogP contribution in [0, 0.1) is 0 Å². The maximum absolute atomic E-state index is 8.97. The van der Waals surface area contributed by atoms with Crippen molar-refractivity contribution >= 4 is 0 Å². The number of rotatable bonds is 5. The molecule has 0 aromatic heterocycles. The summed E-state index contributed by atoms with van der Waals surface area (Å²) in [6, 6.07) is 5.79. The molecule has 0 spiro atoms. The first kappa shape index (κ1) is 13.2. The summed E-state index contributed by atoms with van der Waals surface area (Å²) in [5.74, 6) is 1.50. The van der Waals surface area contributed by atoms with Gasteiger partial charge in [-0.3, -0.25) is 0 Å². The smallest absolute Gasteiger partial charge is 0.161 e. The fraction of sp³-hybridized carbons (Fsp3) is 0.571. The molecule has 18 heavy (non-hydrogen) atoms. The van der Waals surface area contributed by atoms with Crippen molar-refractivity contribution < 1.29 is 19.3 Å². The summed E-state index contributed by atoms with van der Waals surface area (Å²) in [5, 5.41) is 8.97. The number of hydrogen-bond acceptors (Lipinski definition) is 4. The minimum atomic E-state index is 0.142. The van der Waals surface area contributed by atoms with Gasteiger partial charge >= 0.3 is 0 Å². The Morgan fingerprint density at radius 2 is 2.06 bits per heavy atom. The Morgan fingerprint density at radius 3 is 2.72 bits per heavy atom. The molecule has 0 saturated carbocycles. The third kappa shape index (κ3) is 3.37. The summed E-state index contributed by atoms with van der Waals surface area (Å²) in [6.07, 6.45) is 2.64. The van der Waals surface area contributed by atoms with Crippen LogP contribution in [0.3, 0.4) is 0 Å². The molecule has 1 fully saturated rings. The molecule has 0 amide bonds. The van der Waals surface area contributed by atoms with Crippen LogP contribution in [-0.2, 0) is 11.2 Å². The van der Waals surface area contributed by atoms with Crippen LogP contribution in [0.15, 0.2) is 18.2 Å². The van der Waals surface area contributed by atoms with Gasteiger partial charge in [0.2, 0.25) is 0 Å². The molecule has 100 valence electrons. The Labute approximate surface area is 107 Å². The Bertz CT molecular complexity index is 372. The first-order valence-corrected chi connectivity index (χ1v) is 6.35. The predicted molar refractivity (Wildman–Crippen MR) is 68.3 cm³/mol. The lowest BCUT2D eigenvalue weighted by Crippen LogP contribution is -2.26. The Morgan fingerprint density at radius 1 is 1.28 bits per heavy atom. The molecule has 1 aliphatic rings. The average molecular weight is 252 g/mol. The van der Waals surface area contributed by atoms with Crippen LogP contribution in [-0.4, -0.2) is 38.1 Å². The maximum atomic E-state index is 8.97. The van der Waals surface area contributed by atoms with Crippen molar-refractivity contribution in [2.45, 2.75) is 25.4 Å². The van der Waals surface area contributed by atoms with Gasteiger partial charge in [0.25, 0.3) is 0 Å². The van der Waals surface area contributed by atoms with Crippen molar-refractivity contribution in [1.29, 1.82) is 0 Å². The van der Waals surface area contributed by atoms with Gasteiger partial charge in [-0.1, -0.05) is 6.07 Å². The van der Waals surface area contributed by atoms with Gasteiger partial charge in [-0.2, -0.15) is 0 Å². The number of hydrogen-bond donors (Lipinski definition) is 1. The molecule has 1 aromatic rings. The molecule has 0 atom stereocenters. The van der Waals surface area contributed by atoms with Gasteiger partial charge in [0.05, 0.1) is 20.3 Å². The van der Waals surface area contributed by atoms with E-state index in [-0.39, 0.29) is 12.7 Å². The predicted octanol–water partition coefficient (Wildman–Crippen LogP) is 1.79. The van der Waals surface area contributed by atoms with Crippen molar-refractivity contribution in [2.24, 2.45) is 0 Å². The van der Waals surface area contributed by atoms with Gasteiger partial charge in [-0.15, -0.1) is 0 Å². The molecule has 1 N–H and O–H groups in total. The highest BCUT2D eigenvalue weighted by atomic mass is 16.5. The average Bonchev–Trinajstić information content (AvgIpc) is 2.41. The van der Waals surface area contributed by atoms with E-state index in [2.05, 4.69) is 0 Å². The van der Waals surface area contributed by atoms with Gasteiger partial charge in [0.15, 0.2) is 11.5 Å². The van der Waals surface area contributed by atoms with Crippen LogP contribution < -0.4 is 9.47 Å². The number of ether oxygens (including phenoxy) is 3. The molecule has 4 heteroatoms. The molecule has 0 unspecified atom stereocenters. The van der Waals surface area contributed by atoms with Crippen molar-refractivity contribution in [3.63, 3.8) is 0 Å². The lowest BCUT2D eigenvalue weighted by atomic mass is 10.1. The molecule has 1 heterocycles. The van der Waals surface area contributed by atoms with E-state index >= 15 is 0 Å². The van der Waals surface area contributed by atoms with Crippen molar-refractivity contribution in [3.05, 3.63) is 23.8 Å². The summed E-state index contributed by atoms with van der Waals surface area (Å²) < 4.78 is 16.6. The van der Waals surface area contributed by atoms with Crippen LogP contribution >= 0.6 is 0 Å². The van der Waals surface area contributed by atoms with Crippen LogP contribution in [0.4, 0.5) is 0 Å². The molecule has 4 nitrogen and oxygen atoms in total. The molecule has 0 aliphatic carbocycles. The summed E-state index contributed by atoms with van der Waals surface area (Å²) in [7, 11) is 1.64. The topological polar surface area (TPSA) is 47.9 Å². The minimum Gasteiger partial charge on any atom is -0.493 e. The molecule has 0 radical (unpaired) electrons. The van der Waals surface area contributed by atoms with Crippen molar-refractivity contribution in [3.8, 4) is 11.5 Å². The lowest BCUT2D eigenvalue weighted by molar-refractivity contribution is 0.0245. The summed E-state index contributed by atoms with van der Waals surface area (Å²) in [4.78, 5) is 0. The fourth-order valence-corrected chi connectivity index (χ4v) is 2.07. The first-order valence-electron chi connectivity index (χ1n) is 6.35. The van der Waals surface area contributed by atoms with E-state index in [9.17, 15) is 0 Å². The van der Waals surface area contributed by atoms with Gasteiger partial charge < -0.3 is 19.3 Å². The van der Waals surface area contributed by atoms with E-state index < -0.39 is 0 Å². The van der Waals surface area contributed by atoms with Crippen molar-refractivity contribution in [1.82, 2.24) is 0 Å². The maximum Gasteiger partial charge on any atom is 0.161 e. The molecular weight excluding hydrogens is 232 g/mol. The number of aliphatic hydroxyl groups is 1. The van der Waals surface area contributed by atoms with E-state index in [1.165, 1.54) is 0 Å².